The van der Waals surface area contributed by atoms with E-state index in [0.29, 0.717) is 17.3 Å². The number of nitrogens with zero attached hydrogens (tertiary/aromatic N) is 2. The highest BCUT2D eigenvalue weighted by molar-refractivity contribution is 7.80. The van der Waals surface area contributed by atoms with Crippen LogP contribution in [0, 0.1) is 6.92 Å². The van der Waals surface area contributed by atoms with E-state index in [9.17, 15) is 4.79 Å². The molecule has 1 N–H and O–H groups in total. The van der Waals surface area contributed by atoms with Crippen molar-refractivity contribution in [3.05, 3.63) is 35.7 Å². The van der Waals surface area contributed by atoms with E-state index < -0.39 is 6.04 Å². The lowest BCUT2D eigenvalue weighted by Crippen LogP contribution is -2.39. The van der Waals surface area contributed by atoms with Gasteiger partial charge in [-0.2, -0.15) is 0 Å². The molecule has 0 unspecified atom stereocenters. The van der Waals surface area contributed by atoms with Gasteiger partial charge in [-0.05, 0) is 32.9 Å². The van der Waals surface area contributed by atoms with Gasteiger partial charge in [0.05, 0.1) is 23.3 Å². The summed E-state index contributed by atoms with van der Waals surface area (Å²) in [5.74, 6) is -0.341. The summed E-state index contributed by atoms with van der Waals surface area (Å²) in [7, 11) is 0. The highest BCUT2D eigenvalue weighted by Crippen LogP contribution is 2.12. The number of nitrogens with one attached hydrogen (secondary N) is 1. The second kappa shape index (κ2) is 6.58. The number of esters is 1. The van der Waals surface area contributed by atoms with Crippen LogP contribution >= 0.6 is 12.2 Å². The molecule has 0 bridgehead atoms. The van der Waals surface area contributed by atoms with Crippen molar-refractivity contribution in [1.82, 2.24) is 15.3 Å². The Morgan fingerprint density at radius 1 is 1.33 bits per heavy atom. The zero-order valence-electron chi connectivity index (χ0n) is 12.2. The second-order valence-electron chi connectivity index (χ2n) is 4.59. The Morgan fingerprint density at radius 3 is 2.57 bits per heavy atom. The predicted octanol–water partition coefficient (Wildman–Crippen LogP) is 2.15. The summed E-state index contributed by atoms with van der Waals surface area (Å²) in [5, 5.41) is 2.94. The van der Waals surface area contributed by atoms with Crippen molar-refractivity contribution in [3.8, 4) is 0 Å². The molecule has 1 aromatic carbocycles. The lowest BCUT2D eigenvalue weighted by atomic mass is 10.2. The number of hydrogen-bond acceptors (Lipinski definition) is 5. The van der Waals surface area contributed by atoms with E-state index in [-0.39, 0.29) is 5.97 Å². The zero-order chi connectivity index (χ0) is 15.4. The molecule has 1 heterocycles. The normalized spacial score (nSPS) is 12.0. The Balaban J connectivity index is 2.23. The number of aromatic nitrogens is 2. The molecule has 6 heteroatoms. The van der Waals surface area contributed by atoms with E-state index in [0.717, 1.165) is 16.7 Å². The maximum absolute atomic E-state index is 11.6. The third-order valence-electron chi connectivity index (χ3n) is 2.95. The number of carbonyl (C=O) groups is 1. The van der Waals surface area contributed by atoms with E-state index in [1.807, 2.05) is 31.2 Å². The van der Waals surface area contributed by atoms with Crippen LogP contribution in [0.4, 0.5) is 0 Å². The van der Waals surface area contributed by atoms with Gasteiger partial charge < -0.3 is 10.1 Å². The van der Waals surface area contributed by atoms with Crippen LogP contribution in [-0.2, 0) is 9.53 Å². The summed E-state index contributed by atoms with van der Waals surface area (Å²) in [4.78, 5) is 21.0. The van der Waals surface area contributed by atoms with Crippen molar-refractivity contribution in [2.45, 2.75) is 26.8 Å². The smallest absolute Gasteiger partial charge is 0.328 e. The minimum Gasteiger partial charge on any atom is -0.464 e. The fourth-order valence-corrected chi connectivity index (χ4v) is 2.26. The number of benzene rings is 1. The molecule has 0 amide bonds. The molecule has 0 aliphatic rings. The highest BCUT2D eigenvalue weighted by atomic mass is 32.1. The lowest BCUT2D eigenvalue weighted by molar-refractivity contribution is -0.144. The average Bonchev–Trinajstić information content (AvgIpc) is 2.46. The number of rotatable bonds is 4. The van der Waals surface area contributed by atoms with Crippen molar-refractivity contribution in [2.75, 3.05) is 6.61 Å². The predicted molar refractivity (Wildman–Crippen MR) is 85.2 cm³/mol. The number of aryl methyl sites for hydroxylation is 1. The summed E-state index contributed by atoms with van der Waals surface area (Å²) >= 11 is 5.33. The summed E-state index contributed by atoms with van der Waals surface area (Å²) in [6, 6.07) is 7.06. The van der Waals surface area contributed by atoms with Gasteiger partial charge >= 0.3 is 5.97 Å². The minimum atomic E-state index is -0.523. The van der Waals surface area contributed by atoms with Crippen molar-refractivity contribution in [2.24, 2.45) is 0 Å². The summed E-state index contributed by atoms with van der Waals surface area (Å²) < 4.78 is 4.94. The van der Waals surface area contributed by atoms with Gasteiger partial charge in [0.15, 0.2) is 0 Å². The van der Waals surface area contributed by atoms with Crippen molar-refractivity contribution in [3.63, 3.8) is 0 Å². The van der Waals surface area contributed by atoms with Crippen LogP contribution in [0.15, 0.2) is 24.3 Å². The van der Waals surface area contributed by atoms with Crippen LogP contribution in [0.3, 0.4) is 0 Å². The van der Waals surface area contributed by atoms with Crippen molar-refractivity contribution >= 4 is 34.2 Å². The van der Waals surface area contributed by atoms with Gasteiger partial charge in [0.1, 0.15) is 16.7 Å². The molecule has 0 spiro atoms. The standard InChI is InChI=1S/C15H17N3O2S/c1-4-20-15(19)10(3)17-14(21)13-9(2)16-11-7-5-6-8-12(11)18-13/h5-8,10H,4H2,1-3H3,(H,17,21)/t10-/m1/s1. The molecule has 2 aromatic rings. The maximum atomic E-state index is 11.6. The Morgan fingerprint density at radius 2 is 1.95 bits per heavy atom. The molecule has 0 radical (unpaired) electrons. The first-order valence-electron chi connectivity index (χ1n) is 6.73. The first-order chi connectivity index (χ1) is 10.0. The monoisotopic (exact) mass is 303 g/mol. The maximum Gasteiger partial charge on any atom is 0.328 e. The first-order valence-corrected chi connectivity index (χ1v) is 7.14. The van der Waals surface area contributed by atoms with Crippen LogP contribution < -0.4 is 5.32 Å². The fraction of sp³-hybridized carbons (Fsp3) is 0.333. The summed E-state index contributed by atoms with van der Waals surface area (Å²) in [5.41, 5.74) is 2.90. The van der Waals surface area contributed by atoms with E-state index in [1.54, 1.807) is 13.8 Å². The number of para-hydroxylation sites is 2. The third-order valence-corrected chi connectivity index (χ3v) is 3.26. The zero-order valence-corrected chi connectivity index (χ0v) is 13.0. The molecule has 21 heavy (non-hydrogen) atoms. The Labute approximate surface area is 128 Å². The van der Waals surface area contributed by atoms with Gasteiger partial charge in [-0.25, -0.2) is 14.8 Å². The Bertz CT molecular complexity index is 688. The summed E-state index contributed by atoms with van der Waals surface area (Å²) in [6.07, 6.45) is 0. The SMILES string of the molecule is CCOC(=O)[C@@H](C)NC(=S)c1nc2ccccc2nc1C. The molecule has 0 saturated heterocycles. The molecular formula is C15H17N3O2S. The number of ether oxygens (including phenoxy) is 1. The molecule has 1 aromatic heterocycles. The molecule has 0 aliphatic carbocycles. The summed E-state index contributed by atoms with van der Waals surface area (Å²) in [6.45, 7) is 5.65. The largest absolute Gasteiger partial charge is 0.464 e. The van der Waals surface area contributed by atoms with E-state index in [2.05, 4.69) is 15.3 Å². The number of carbonyl (C=O) groups excluding carboxylic acids is 1. The molecule has 110 valence electrons. The molecule has 5 nitrogen and oxygen atoms in total. The van der Waals surface area contributed by atoms with Gasteiger partial charge in [-0.3, -0.25) is 0 Å². The number of fused-ring (bicyclic) bond motifs is 1. The lowest BCUT2D eigenvalue weighted by Gasteiger charge is -2.15. The van der Waals surface area contributed by atoms with Gasteiger partial charge in [-0.15, -0.1) is 0 Å². The quantitative estimate of drug-likeness (QED) is 0.690. The number of thiocarbonyl (C=S) groups is 1. The highest BCUT2D eigenvalue weighted by Gasteiger charge is 2.18. The Kier molecular flexibility index (Phi) is 4.80. The van der Waals surface area contributed by atoms with Crippen molar-refractivity contribution < 1.29 is 9.53 Å². The van der Waals surface area contributed by atoms with Gasteiger partial charge in [0.25, 0.3) is 0 Å². The van der Waals surface area contributed by atoms with Crippen LogP contribution in [0.2, 0.25) is 0 Å². The molecule has 0 saturated carbocycles. The molecule has 0 fully saturated rings. The van der Waals surface area contributed by atoms with Gasteiger partial charge in [0.2, 0.25) is 0 Å². The van der Waals surface area contributed by atoms with Gasteiger partial charge in [0, 0.05) is 0 Å². The molecular weight excluding hydrogens is 286 g/mol. The molecule has 2 rings (SSSR count). The van der Waals surface area contributed by atoms with Crippen LogP contribution in [0.1, 0.15) is 25.2 Å². The first kappa shape index (κ1) is 15.3. The molecule has 1 atom stereocenters. The topological polar surface area (TPSA) is 64.1 Å². The van der Waals surface area contributed by atoms with E-state index in [4.69, 9.17) is 17.0 Å². The second-order valence-corrected chi connectivity index (χ2v) is 5.00. The average molecular weight is 303 g/mol. The molecule has 0 aliphatic heterocycles. The van der Waals surface area contributed by atoms with Crippen LogP contribution in [0.5, 0.6) is 0 Å². The van der Waals surface area contributed by atoms with Crippen LogP contribution in [0.25, 0.3) is 11.0 Å². The third kappa shape index (κ3) is 3.52. The number of hydrogen-bond donors (Lipinski definition) is 1. The minimum absolute atomic E-state index is 0.340. The van der Waals surface area contributed by atoms with Crippen LogP contribution in [-0.4, -0.2) is 33.6 Å². The Hall–Kier alpha value is -2.08. The van der Waals surface area contributed by atoms with Gasteiger partial charge in [-0.1, -0.05) is 24.4 Å². The van der Waals surface area contributed by atoms with E-state index in [1.165, 1.54) is 0 Å². The van der Waals surface area contributed by atoms with Crippen molar-refractivity contribution in [1.29, 1.82) is 0 Å². The fourth-order valence-electron chi connectivity index (χ4n) is 1.89. The van der Waals surface area contributed by atoms with E-state index >= 15 is 0 Å².